The number of furan rings is 1. The van der Waals surface area contributed by atoms with Crippen LogP contribution in [0.25, 0.3) is 0 Å². The highest BCUT2D eigenvalue weighted by Gasteiger charge is 2.18. The third-order valence-corrected chi connectivity index (χ3v) is 3.84. The molecule has 0 aliphatic rings. The van der Waals surface area contributed by atoms with Crippen molar-refractivity contribution in [3.8, 4) is 0 Å². The minimum absolute atomic E-state index is 0.0938. The van der Waals surface area contributed by atoms with E-state index in [9.17, 15) is 13.9 Å². The number of aliphatic hydroxyl groups excluding tert-OH is 1. The molecule has 2 rings (SSSR count). The van der Waals surface area contributed by atoms with Gasteiger partial charge in [0.1, 0.15) is 23.5 Å². The van der Waals surface area contributed by atoms with Gasteiger partial charge in [-0.1, -0.05) is 0 Å². The monoisotopic (exact) mass is 366 g/mol. The fourth-order valence-corrected chi connectivity index (χ4v) is 2.00. The molecule has 0 aliphatic heterocycles. The van der Waals surface area contributed by atoms with Gasteiger partial charge >= 0.3 is 0 Å². The molecule has 0 aliphatic carbocycles. The van der Waals surface area contributed by atoms with Gasteiger partial charge in [0.2, 0.25) is 0 Å². The average Bonchev–Trinajstić information content (AvgIpc) is 2.57. The summed E-state index contributed by atoms with van der Waals surface area (Å²) in [5, 5.41) is 9.91. The van der Waals surface area contributed by atoms with E-state index in [4.69, 9.17) is 4.42 Å². The summed E-state index contributed by atoms with van der Waals surface area (Å²) in [5.74, 6) is -1.30. The Morgan fingerprint density at radius 2 is 1.65 bits per heavy atom. The Hall–Kier alpha value is -0.720. The summed E-state index contributed by atoms with van der Waals surface area (Å²) in [5.41, 5.74) is 0.0938. The Kier molecular flexibility index (Phi) is 3.65. The molecule has 2 aromatic rings. The van der Waals surface area contributed by atoms with Crippen molar-refractivity contribution in [3.63, 3.8) is 0 Å². The molecule has 1 aromatic carbocycles. The molecular weight excluding hydrogens is 362 g/mol. The Bertz CT molecular complexity index is 515. The summed E-state index contributed by atoms with van der Waals surface area (Å²) in [4.78, 5) is 0. The molecule has 90 valence electrons. The molecule has 0 bridgehead atoms. The van der Waals surface area contributed by atoms with Gasteiger partial charge in [-0.2, -0.15) is 0 Å². The van der Waals surface area contributed by atoms with Gasteiger partial charge in [0, 0.05) is 6.07 Å². The van der Waals surface area contributed by atoms with Crippen LogP contribution in [-0.4, -0.2) is 5.11 Å². The summed E-state index contributed by atoms with van der Waals surface area (Å²) in [7, 11) is 0. The Balaban J connectivity index is 2.39. The van der Waals surface area contributed by atoms with Crippen LogP contribution in [0.3, 0.4) is 0 Å². The largest absolute Gasteiger partial charge is 0.450 e. The SMILES string of the molecule is OC(c1cc(F)cc(F)c1)c1cc(Br)c(Br)o1. The predicted octanol–water partition coefficient (Wildman–Crippen LogP) is 4.16. The first kappa shape index (κ1) is 12.7. The van der Waals surface area contributed by atoms with Crippen molar-refractivity contribution in [3.05, 3.63) is 56.4 Å². The lowest BCUT2D eigenvalue weighted by Crippen LogP contribution is -1.99. The van der Waals surface area contributed by atoms with Crippen LogP contribution in [0.15, 0.2) is 37.8 Å². The highest BCUT2D eigenvalue weighted by molar-refractivity contribution is 9.13. The standard InChI is InChI=1S/C11H6Br2F2O2/c12-8-4-9(17-11(8)13)10(16)5-1-6(14)3-7(15)2-5/h1-4,10,16H. The second kappa shape index (κ2) is 4.88. The predicted molar refractivity (Wildman–Crippen MR) is 64.5 cm³/mol. The van der Waals surface area contributed by atoms with E-state index < -0.39 is 17.7 Å². The minimum Gasteiger partial charge on any atom is -0.450 e. The van der Waals surface area contributed by atoms with Gasteiger partial charge < -0.3 is 9.52 Å². The van der Waals surface area contributed by atoms with Crippen LogP contribution in [0, 0.1) is 11.6 Å². The van der Waals surface area contributed by atoms with E-state index in [-0.39, 0.29) is 11.3 Å². The van der Waals surface area contributed by atoms with Crippen molar-refractivity contribution in [1.82, 2.24) is 0 Å². The Morgan fingerprint density at radius 3 is 2.12 bits per heavy atom. The first-order valence-electron chi connectivity index (χ1n) is 4.56. The van der Waals surface area contributed by atoms with Gasteiger partial charge in [0.05, 0.1) is 4.47 Å². The fraction of sp³-hybridized carbons (Fsp3) is 0.0909. The minimum atomic E-state index is -1.22. The summed E-state index contributed by atoms with van der Waals surface area (Å²) < 4.78 is 32.2. The van der Waals surface area contributed by atoms with Gasteiger partial charge in [0.25, 0.3) is 0 Å². The van der Waals surface area contributed by atoms with Crippen molar-refractivity contribution < 1.29 is 18.3 Å². The lowest BCUT2D eigenvalue weighted by atomic mass is 10.1. The van der Waals surface area contributed by atoms with Crippen LogP contribution in [0.5, 0.6) is 0 Å². The highest BCUT2D eigenvalue weighted by Crippen LogP contribution is 2.32. The van der Waals surface area contributed by atoms with Crippen LogP contribution < -0.4 is 0 Å². The van der Waals surface area contributed by atoms with E-state index in [1.165, 1.54) is 6.07 Å². The second-order valence-electron chi connectivity index (χ2n) is 3.38. The van der Waals surface area contributed by atoms with E-state index in [0.29, 0.717) is 9.14 Å². The Morgan fingerprint density at radius 1 is 1.06 bits per heavy atom. The molecule has 0 saturated heterocycles. The van der Waals surface area contributed by atoms with Gasteiger partial charge in [-0.3, -0.25) is 0 Å². The number of halogens is 4. The highest BCUT2D eigenvalue weighted by atomic mass is 79.9. The second-order valence-corrected chi connectivity index (χ2v) is 4.95. The molecule has 1 unspecified atom stereocenters. The van der Waals surface area contributed by atoms with Crippen LogP contribution >= 0.6 is 31.9 Å². The van der Waals surface area contributed by atoms with E-state index in [0.717, 1.165) is 18.2 Å². The number of hydrogen-bond donors (Lipinski definition) is 1. The van der Waals surface area contributed by atoms with Gasteiger partial charge in [-0.05, 0) is 55.6 Å². The topological polar surface area (TPSA) is 33.4 Å². The lowest BCUT2D eigenvalue weighted by molar-refractivity contribution is 0.186. The molecule has 1 heterocycles. The normalized spacial score (nSPS) is 12.8. The molecule has 1 atom stereocenters. The first-order chi connectivity index (χ1) is 7.97. The Labute approximate surface area is 113 Å². The van der Waals surface area contributed by atoms with E-state index in [2.05, 4.69) is 31.9 Å². The van der Waals surface area contributed by atoms with Gasteiger partial charge in [-0.25, -0.2) is 8.78 Å². The molecular formula is C11H6Br2F2O2. The quantitative estimate of drug-likeness (QED) is 0.864. The molecule has 0 radical (unpaired) electrons. The van der Waals surface area contributed by atoms with Crippen molar-refractivity contribution in [2.75, 3.05) is 0 Å². The number of benzene rings is 1. The first-order valence-corrected chi connectivity index (χ1v) is 6.15. The molecule has 6 heteroatoms. The maximum Gasteiger partial charge on any atom is 0.183 e. The maximum absolute atomic E-state index is 13.0. The van der Waals surface area contributed by atoms with Crippen LogP contribution in [-0.2, 0) is 0 Å². The van der Waals surface area contributed by atoms with Crippen molar-refractivity contribution in [2.45, 2.75) is 6.10 Å². The van der Waals surface area contributed by atoms with Crippen molar-refractivity contribution in [2.24, 2.45) is 0 Å². The number of aliphatic hydroxyl groups is 1. The van der Waals surface area contributed by atoms with Gasteiger partial charge in [-0.15, -0.1) is 0 Å². The maximum atomic E-state index is 13.0. The molecule has 0 amide bonds. The number of hydrogen-bond acceptors (Lipinski definition) is 2. The lowest BCUT2D eigenvalue weighted by Gasteiger charge is -2.08. The molecule has 1 aromatic heterocycles. The third-order valence-electron chi connectivity index (χ3n) is 2.13. The van der Waals surface area contributed by atoms with Gasteiger partial charge in [0.15, 0.2) is 4.67 Å². The van der Waals surface area contributed by atoms with E-state index in [1.54, 1.807) is 0 Å². The zero-order chi connectivity index (χ0) is 12.6. The van der Waals surface area contributed by atoms with Crippen LogP contribution in [0.4, 0.5) is 8.78 Å². The molecule has 2 nitrogen and oxygen atoms in total. The number of rotatable bonds is 2. The smallest absolute Gasteiger partial charge is 0.183 e. The molecule has 17 heavy (non-hydrogen) atoms. The summed E-state index contributed by atoms with van der Waals surface area (Å²) >= 11 is 6.30. The van der Waals surface area contributed by atoms with E-state index in [1.807, 2.05) is 0 Å². The zero-order valence-electron chi connectivity index (χ0n) is 8.25. The van der Waals surface area contributed by atoms with Crippen LogP contribution in [0.2, 0.25) is 0 Å². The molecule has 1 N–H and O–H groups in total. The average molecular weight is 368 g/mol. The zero-order valence-corrected chi connectivity index (χ0v) is 11.4. The van der Waals surface area contributed by atoms with Crippen molar-refractivity contribution >= 4 is 31.9 Å². The van der Waals surface area contributed by atoms with E-state index >= 15 is 0 Å². The summed E-state index contributed by atoms with van der Waals surface area (Å²) in [6, 6.07) is 4.37. The fourth-order valence-electron chi connectivity index (χ4n) is 1.40. The molecule has 0 fully saturated rings. The molecule has 0 spiro atoms. The third kappa shape index (κ3) is 2.75. The van der Waals surface area contributed by atoms with Crippen molar-refractivity contribution in [1.29, 1.82) is 0 Å². The van der Waals surface area contributed by atoms with Crippen LogP contribution in [0.1, 0.15) is 17.4 Å². The summed E-state index contributed by atoms with van der Waals surface area (Å²) in [6.45, 7) is 0. The molecule has 0 saturated carbocycles. The summed E-state index contributed by atoms with van der Waals surface area (Å²) in [6.07, 6.45) is -1.22.